The van der Waals surface area contributed by atoms with Crippen molar-refractivity contribution in [3.63, 3.8) is 0 Å². The normalized spacial score (nSPS) is 11.6. The molecule has 0 aromatic heterocycles. The SMILES string of the molecule is C#CCC(CC)NC(=O)c1c(C)cccc1N. The third-order valence-corrected chi connectivity index (χ3v) is 2.72. The number of anilines is 1. The van der Waals surface area contributed by atoms with Gasteiger partial charge in [0.25, 0.3) is 5.91 Å². The van der Waals surface area contributed by atoms with Gasteiger partial charge < -0.3 is 11.1 Å². The second-order valence-corrected chi connectivity index (χ2v) is 4.03. The monoisotopic (exact) mass is 230 g/mol. The van der Waals surface area contributed by atoms with E-state index in [1.165, 1.54) is 0 Å². The van der Waals surface area contributed by atoms with Crippen LogP contribution < -0.4 is 11.1 Å². The maximum atomic E-state index is 12.1. The molecule has 1 atom stereocenters. The van der Waals surface area contributed by atoms with Crippen LogP contribution >= 0.6 is 0 Å². The van der Waals surface area contributed by atoms with E-state index in [4.69, 9.17) is 12.2 Å². The van der Waals surface area contributed by atoms with E-state index in [1.54, 1.807) is 6.07 Å². The van der Waals surface area contributed by atoms with Gasteiger partial charge >= 0.3 is 0 Å². The van der Waals surface area contributed by atoms with E-state index in [0.29, 0.717) is 17.7 Å². The highest BCUT2D eigenvalue weighted by molar-refractivity contribution is 6.00. The number of nitrogens with two attached hydrogens (primary N) is 1. The van der Waals surface area contributed by atoms with Crippen LogP contribution in [0.15, 0.2) is 18.2 Å². The predicted molar refractivity (Wildman–Crippen MR) is 70.6 cm³/mol. The fourth-order valence-corrected chi connectivity index (χ4v) is 1.70. The molecule has 0 saturated carbocycles. The molecule has 1 unspecified atom stereocenters. The van der Waals surface area contributed by atoms with Crippen LogP contribution in [0.4, 0.5) is 5.69 Å². The summed E-state index contributed by atoms with van der Waals surface area (Å²) < 4.78 is 0. The van der Waals surface area contributed by atoms with E-state index < -0.39 is 0 Å². The van der Waals surface area contributed by atoms with Crippen LogP contribution in [-0.4, -0.2) is 11.9 Å². The van der Waals surface area contributed by atoms with Crippen LogP contribution in [0.5, 0.6) is 0 Å². The summed E-state index contributed by atoms with van der Waals surface area (Å²) in [5.41, 5.74) is 7.73. The number of hydrogen-bond donors (Lipinski definition) is 2. The van der Waals surface area contributed by atoms with Gasteiger partial charge in [-0.3, -0.25) is 4.79 Å². The van der Waals surface area contributed by atoms with Crippen molar-refractivity contribution in [2.45, 2.75) is 32.7 Å². The molecule has 0 bridgehead atoms. The van der Waals surface area contributed by atoms with E-state index in [9.17, 15) is 4.79 Å². The molecule has 0 aliphatic heterocycles. The Bertz CT molecular complexity index is 426. The minimum absolute atomic E-state index is 0.00602. The third-order valence-electron chi connectivity index (χ3n) is 2.72. The van der Waals surface area contributed by atoms with Gasteiger partial charge in [0.2, 0.25) is 0 Å². The Morgan fingerprint density at radius 2 is 2.29 bits per heavy atom. The largest absolute Gasteiger partial charge is 0.398 e. The number of hydrogen-bond acceptors (Lipinski definition) is 2. The summed E-state index contributed by atoms with van der Waals surface area (Å²) in [5, 5.41) is 2.90. The first-order valence-corrected chi connectivity index (χ1v) is 5.69. The summed E-state index contributed by atoms with van der Waals surface area (Å²) in [6.45, 7) is 3.86. The van der Waals surface area contributed by atoms with E-state index >= 15 is 0 Å². The van der Waals surface area contributed by atoms with Gasteiger partial charge in [-0.15, -0.1) is 12.3 Å². The number of carbonyl (C=O) groups is 1. The van der Waals surface area contributed by atoms with E-state index in [0.717, 1.165) is 12.0 Å². The number of aryl methyl sites for hydroxylation is 1. The lowest BCUT2D eigenvalue weighted by atomic mass is 10.0. The summed E-state index contributed by atoms with van der Waals surface area (Å²) in [6.07, 6.45) is 6.60. The first kappa shape index (κ1) is 13.1. The first-order valence-electron chi connectivity index (χ1n) is 5.69. The molecule has 0 spiro atoms. The van der Waals surface area contributed by atoms with Crippen molar-refractivity contribution < 1.29 is 4.79 Å². The van der Waals surface area contributed by atoms with Gasteiger partial charge in [-0.1, -0.05) is 19.1 Å². The number of carbonyl (C=O) groups excluding carboxylic acids is 1. The molecule has 1 rings (SSSR count). The topological polar surface area (TPSA) is 55.1 Å². The Hall–Kier alpha value is -1.95. The standard InChI is InChI=1S/C14H18N2O/c1-4-7-11(5-2)16-14(17)13-10(3)8-6-9-12(13)15/h1,6,8-9,11H,5,7,15H2,2-3H3,(H,16,17). The Morgan fingerprint density at radius 1 is 1.59 bits per heavy atom. The second-order valence-electron chi connectivity index (χ2n) is 4.03. The smallest absolute Gasteiger partial charge is 0.253 e. The number of rotatable bonds is 4. The van der Waals surface area contributed by atoms with E-state index in [2.05, 4.69) is 11.2 Å². The van der Waals surface area contributed by atoms with Crippen LogP contribution in [0, 0.1) is 19.3 Å². The molecule has 17 heavy (non-hydrogen) atoms. The summed E-state index contributed by atoms with van der Waals surface area (Å²) >= 11 is 0. The third kappa shape index (κ3) is 3.25. The molecule has 3 heteroatoms. The average molecular weight is 230 g/mol. The van der Waals surface area contributed by atoms with Gasteiger partial charge in [-0.2, -0.15) is 0 Å². The number of benzene rings is 1. The number of terminal acetylenes is 1. The molecule has 90 valence electrons. The molecule has 0 aliphatic rings. The van der Waals surface area contributed by atoms with E-state index in [1.807, 2.05) is 26.0 Å². The lowest BCUT2D eigenvalue weighted by molar-refractivity contribution is 0.0937. The van der Waals surface area contributed by atoms with Crippen LogP contribution in [0.2, 0.25) is 0 Å². The molecule has 1 aromatic carbocycles. The quantitative estimate of drug-likeness (QED) is 0.615. The highest BCUT2D eigenvalue weighted by atomic mass is 16.1. The zero-order valence-electron chi connectivity index (χ0n) is 10.3. The van der Waals surface area contributed by atoms with Crippen molar-refractivity contribution in [3.05, 3.63) is 29.3 Å². The maximum absolute atomic E-state index is 12.1. The van der Waals surface area contributed by atoms with Crippen molar-refractivity contribution in [3.8, 4) is 12.3 Å². The molecule has 0 heterocycles. The Labute approximate surface area is 102 Å². The highest BCUT2D eigenvalue weighted by Crippen LogP contribution is 2.16. The first-order chi connectivity index (χ1) is 8.10. The zero-order chi connectivity index (χ0) is 12.8. The maximum Gasteiger partial charge on any atom is 0.253 e. The lowest BCUT2D eigenvalue weighted by Gasteiger charge is -2.16. The number of nitrogen functional groups attached to an aromatic ring is 1. The van der Waals surface area contributed by atoms with Crippen molar-refractivity contribution >= 4 is 11.6 Å². The fraction of sp³-hybridized carbons (Fsp3) is 0.357. The molecule has 1 aromatic rings. The summed E-state index contributed by atoms with van der Waals surface area (Å²) in [4.78, 5) is 12.1. The van der Waals surface area contributed by atoms with Crippen molar-refractivity contribution in [1.82, 2.24) is 5.32 Å². The Morgan fingerprint density at radius 3 is 2.82 bits per heavy atom. The molecular formula is C14H18N2O. The van der Waals surface area contributed by atoms with Gasteiger partial charge in [-0.05, 0) is 25.0 Å². The van der Waals surface area contributed by atoms with Crippen LogP contribution in [0.1, 0.15) is 35.7 Å². The Kier molecular flexibility index (Phi) is 4.59. The molecule has 0 fully saturated rings. The minimum Gasteiger partial charge on any atom is -0.398 e. The van der Waals surface area contributed by atoms with E-state index in [-0.39, 0.29) is 11.9 Å². The van der Waals surface area contributed by atoms with Crippen molar-refractivity contribution in [1.29, 1.82) is 0 Å². The van der Waals surface area contributed by atoms with Crippen LogP contribution in [-0.2, 0) is 0 Å². The van der Waals surface area contributed by atoms with Crippen LogP contribution in [0.25, 0.3) is 0 Å². The number of nitrogens with one attached hydrogen (secondary N) is 1. The molecule has 3 N–H and O–H groups in total. The van der Waals surface area contributed by atoms with Gasteiger partial charge in [0.05, 0.1) is 5.56 Å². The molecular weight excluding hydrogens is 212 g/mol. The summed E-state index contributed by atoms with van der Waals surface area (Å²) in [5.74, 6) is 2.41. The fourth-order valence-electron chi connectivity index (χ4n) is 1.70. The van der Waals surface area contributed by atoms with Crippen molar-refractivity contribution in [2.24, 2.45) is 0 Å². The molecule has 0 radical (unpaired) electrons. The summed E-state index contributed by atoms with van der Waals surface area (Å²) in [7, 11) is 0. The zero-order valence-corrected chi connectivity index (χ0v) is 10.3. The molecule has 1 amide bonds. The Balaban J connectivity index is 2.87. The lowest BCUT2D eigenvalue weighted by Crippen LogP contribution is -2.34. The van der Waals surface area contributed by atoms with Gasteiger partial charge in [0.1, 0.15) is 0 Å². The molecule has 0 saturated heterocycles. The highest BCUT2D eigenvalue weighted by Gasteiger charge is 2.15. The van der Waals surface area contributed by atoms with Gasteiger partial charge in [0.15, 0.2) is 0 Å². The van der Waals surface area contributed by atoms with Gasteiger partial charge in [-0.25, -0.2) is 0 Å². The predicted octanol–water partition coefficient (Wildman–Crippen LogP) is 2.11. The number of amides is 1. The summed E-state index contributed by atoms with van der Waals surface area (Å²) in [6, 6.07) is 5.43. The van der Waals surface area contributed by atoms with Crippen molar-refractivity contribution in [2.75, 3.05) is 5.73 Å². The minimum atomic E-state index is -0.150. The van der Waals surface area contributed by atoms with Gasteiger partial charge in [0, 0.05) is 18.2 Å². The molecule has 0 aliphatic carbocycles. The van der Waals surface area contributed by atoms with Crippen LogP contribution in [0.3, 0.4) is 0 Å². The molecule has 3 nitrogen and oxygen atoms in total. The average Bonchev–Trinajstić information content (AvgIpc) is 2.28. The second kappa shape index (κ2) is 5.95.